The molecule has 0 bridgehead atoms. The lowest BCUT2D eigenvalue weighted by molar-refractivity contribution is -0.123. The number of benzene rings is 2. The highest BCUT2D eigenvalue weighted by molar-refractivity contribution is 6.42. The normalized spacial score (nSPS) is 11.6. The van der Waals surface area contributed by atoms with Crippen LogP contribution in [-0.4, -0.2) is 27.8 Å². The third kappa shape index (κ3) is 3.98. The van der Waals surface area contributed by atoms with E-state index in [0.29, 0.717) is 27.3 Å². The molecule has 0 spiro atoms. The topological polar surface area (TPSA) is 68.5 Å². The second-order valence-electron chi connectivity index (χ2n) is 5.58. The lowest BCUT2D eigenvalue weighted by Crippen LogP contribution is -2.26. The molecule has 0 unspecified atom stereocenters. The number of para-hydroxylation sites is 2. The van der Waals surface area contributed by atoms with Crippen molar-refractivity contribution in [2.45, 2.75) is 6.92 Å². The van der Waals surface area contributed by atoms with Gasteiger partial charge in [0.15, 0.2) is 12.4 Å². The van der Waals surface area contributed by atoms with Gasteiger partial charge in [0.2, 0.25) is 0 Å². The van der Waals surface area contributed by atoms with E-state index in [-0.39, 0.29) is 6.61 Å². The Morgan fingerprint density at radius 3 is 2.73 bits per heavy atom. The number of halogens is 2. The highest BCUT2D eigenvalue weighted by atomic mass is 35.5. The number of amides is 1. The highest BCUT2D eigenvalue weighted by Crippen LogP contribution is 2.26. The number of imidazole rings is 1. The van der Waals surface area contributed by atoms with Crippen molar-refractivity contribution in [2.75, 3.05) is 6.61 Å². The van der Waals surface area contributed by atoms with Gasteiger partial charge in [-0.05, 0) is 31.2 Å². The van der Waals surface area contributed by atoms with Crippen molar-refractivity contribution in [2.24, 2.45) is 12.1 Å². The Balaban J connectivity index is 1.63. The number of carbonyl (C=O) groups excluding carboxylic acids is 1. The predicted octanol–water partition coefficient (Wildman–Crippen LogP) is 3.80. The van der Waals surface area contributed by atoms with Crippen LogP contribution in [-0.2, 0) is 11.8 Å². The van der Waals surface area contributed by atoms with E-state index in [1.54, 1.807) is 25.1 Å². The Hall–Kier alpha value is -2.57. The zero-order chi connectivity index (χ0) is 18.7. The minimum absolute atomic E-state index is 0.197. The van der Waals surface area contributed by atoms with Crippen molar-refractivity contribution in [3.63, 3.8) is 0 Å². The van der Waals surface area contributed by atoms with Gasteiger partial charge in [-0.3, -0.25) is 4.79 Å². The van der Waals surface area contributed by atoms with E-state index in [0.717, 1.165) is 11.0 Å². The zero-order valence-corrected chi connectivity index (χ0v) is 15.7. The zero-order valence-electron chi connectivity index (χ0n) is 14.2. The maximum Gasteiger partial charge on any atom is 0.277 e. The number of carbonyl (C=O) groups is 1. The van der Waals surface area contributed by atoms with Crippen molar-refractivity contribution in [1.29, 1.82) is 0 Å². The van der Waals surface area contributed by atoms with Crippen LogP contribution in [0.2, 0.25) is 10.0 Å². The molecule has 0 fully saturated rings. The van der Waals surface area contributed by atoms with Gasteiger partial charge in [-0.2, -0.15) is 5.10 Å². The molecule has 1 amide bonds. The lowest BCUT2D eigenvalue weighted by atomic mass is 10.3. The molecular formula is C18H16Cl2N4O2. The van der Waals surface area contributed by atoms with Gasteiger partial charge in [0, 0.05) is 13.1 Å². The molecule has 0 aliphatic carbocycles. The number of nitrogens with one attached hydrogen (secondary N) is 1. The van der Waals surface area contributed by atoms with Crippen LogP contribution in [0.5, 0.6) is 5.75 Å². The van der Waals surface area contributed by atoms with Gasteiger partial charge in [-0.25, -0.2) is 10.4 Å². The number of aryl methyl sites for hydroxylation is 1. The van der Waals surface area contributed by atoms with Crippen molar-refractivity contribution in [3.05, 3.63) is 58.3 Å². The summed E-state index contributed by atoms with van der Waals surface area (Å²) in [4.78, 5) is 16.5. The molecule has 0 aliphatic rings. The van der Waals surface area contributed by atoms with Crippen LogP contribution >= 0.6 is 23.2 Å². The van der Waals surface area contributed by atoms with Gasteiger partial charge in [0.25, 0.3) is 5.91 Å². The first-order valence-electron chi connectivity index (χ1n) is 7.78. The summed E-state index contributed by atoms with van der Waals surface area (Å²) in [6.45, 7) is 1.58. The van der Waals surface area contributed by atoms with Crippen LogP contribution in [0.1, 0.15) is 12.7 Å². The summed E-state index contributed by atoms with van der Waals surface area (Å²) in [5.41, 5.74) is 4.91. The average Bonchev–Trinajstić information content (AvgIpc) is 2.98. The standard InChI is InChI=1S/C18H16Cl2N4O2/c1-11(18-21-15-5-3-4-6-16(15)24(18)2)22-23-17(25)10-26-12-7-8-13(19)14(20)9-12/h3-9H,10H2,1-2H3,(H,23,25). The molecule has 1 aromatic heterocycles. The smallest absolute Gasteiger partial charge is 0.277 e. The fourth-order valence-electron chi connectivity index (χ4n) is 2.41. The number of hydrazone groups is 1. The van der Waals surface area contributed by atoms with Gasteiger partial charge in [0.05, 0.1) is 21.1 Å². The number of hydrogen-bond donors (Lipinski definition) is 1. The molecule has 0 saturated heterocycles. The van der Waals surface area contributed by atoms with Gasteiger partial charge >= 0.3 is 0 Å². The maximum atomic E-state index is 11.9. The van der Waals surface area contributed by atoms with Crippen LogP contribution in [0.25, 0.3) is 11.0 Å². The fraction of sp³-hybridized carbons (Fsp3) is 0.167. The van der Waals surface area contributed by atoms with Gasteiger partial charge < -0.3 is 9.30 Å². The monoisotopic (exact) mass is 390 g/mol. The Kier molecular flexibility index (Phi) is 5.44. The molecule has 3 aromatic rings. The number of ether oxygens (including phenoxy) is 1. The molecule has 3 rings (SSSR count). The van der Waals surface area contributed by atoms with Crippen LogP contribution in [0.15, 0.2) is 47.6 Å². The molecule has 0 radical (unpaired) electrons. The SMILES string of the molecule is CC(=NNC(=O)COc1ccc(Cl)c(Cl)c1)c1nc2ccccc2n1C. The first-order valence-corrected chi connectivity index (χ1v) is 8.54. The molecule has 8 heteroatoms. The molecular weight excluding hydrogens is 375 g/mol. The molecule has 1 N–H and O–H groups in total. The molecule has 26 heavy (non-hydrogen) atoms. The molecule has 2 aromatic carbocycles. The third-order valence-electron chi connectivity index (χ3n) is 3.72. The minimum Gasteiger partial charge on any atom is -0.484 e. The van der Waals surface area contributed by atoms with E-state index < -0.39 is 5.91 Å². The van der Waals surface area contributed by atoms with E-state index in [1.807, 2.05) is 35.9 Å². The second kappa shape index (κ2) is 7.76. The van der Waals surface area contributed by atoms with Gasteiger partial charge in [0.1, 0.15) is 11.5 Å². The van der Waals surface area contributed by atoms with E-state index in [2.05, 4.69) is 15.5 Å². The summed E-state index contributed by atoms with van der Waals surface area (Å²) in [6, 6.07) is 12.6. The predicted molar refractivity (Wildman–Crippen MR) is 103 cm³/mol. The van der Waals surface area contributed by atoms with Crippen molar-refractivity contribution in [1.82, 2.24) is 15.0 Å². The number of nitrogens with zero attached hydrogens (tertiary/aromatic N) is 3. The molecule has 0 aliphatic heterocycles. The molecule has 134 valence electrons. The quantitative estimate of drug-likeness (QED) is 0.531. The van der Waals surface area contributed by atoms with E-state index >= 15 is 0 Å². The lowest BCUT2D eigenvalue weighted by Gasteiger charge is -2.07. The number of rotatable bonds is 5. The first-order chi connectivity index (χ1) is 12.5. The number of aromatic nitrogens is 2. The van der Waals surface area contributed by atoms with Crippen molar-refractivity contribution in [3.8, 4) is 5.75 Å². The molecule has 0 atom stereocenters. The van der Waals surface area contributed by atoms with Crippen LogP contribution in [0, 0.1) is 0 Å². The largest absolute Gasteiger partial charge is 0.484 e. The summed E-state index contributed by atoms with van der Waals surface area (Å²) >= 11 is 11.7. The summed E-state index contributed by atoms with van der Waals surface area (Å²) in [6.07, 6.45) is 0. The van der Waals surface area contributed by atoms with Crippen LogP contribution in [0.4, 0.5) is 0 Å². The second-order valence-corrected chi connectivity index (χ2v) is 6.39. The van der Waals surface area contributed by atoms with Gasteiger partial charge in [-0.1, -0.05) is 35.3 Å². The van der Waals surface area contributed by atoms with E-state index in [4.69, 9.17) is 27.9 Å². The minimum atomic E-state index is -0.394. The Morgan fingerprint density at radius 2 is 2.00 bits per heavy atom. The number of hydrogen-bond acceptors (Lipinski definition) is 4. The highest BCUT2D eigenvalue weighted by Gasteiger charge is 2.10. The Bertz CT molecular complexity index is 998. The summed E-state index contributed by atoms with van der Waals surface area (Å²) in [7, 11) is 1.90. The molecule has 1 heterocycles. The summed E-state index contributed by atoms with van der Waals surface area (Å²) < 4.78 is 7.29. The van der Waals surface area contributed by atoms with E-state index in [1.165, 1.54) is 0 Å². The fourth-order valence-corrected chi connectivity index (χ4v) is 2.70. The maximum absolute atomic E-state index is 11.9. The van der Waals surface area contributed by atoms with Crippen molar-refractivity contribution >= 4 is 45.9 Å². The molecule has 6 nitrogen and oxygen atoms in total. The van der Waals surface area contributed by atoms with E-state index in [9.17, 15) is 4.79 Å². The number of fused-ring (bicyclic) bond motifs is 1. The third-order valence-corrected chi connectivity index (χ3v) is 4.46. The molecule has 0 saturated carbocycles. The average molecular weight is 391 g/mol. The van der Waals surface area contributed by atoms with Crippen LogP contribution < -0.4 is 10.2 Å². The van der Waals surface area contributed by atoms with Gasteiger partial charge in [-0.15, -0.1) is 0 Å². The van der Waals surface area contributed by atoms with Crippen LogP contribution in [0.3, 0.4) is 0 Å². The summed E-state index contributed by atoms with van der Waals surface area (Å²) in [5, 5.41) is 4.88. The van der Waals surface area contributed by atoms with Crippen molar-refractivity contribution < 1.29 is 9.53 Å². The Morgan fingerprint density at radius 1 is 1.23 bits per heavy atom. The first kappa shape index (κ1) is 18.2. The Labute approximate surface area is 160 Å². The summed E-state index contributed by atoms with van der Waals surface area (Å²) in [5.74, 6) is 0.733.